The Morgan fingerprint density at radius 1 is 0.864 bits per heavy atom. The number of Topliss-reactive ketones (excluding diaryl/α,β-unsaturated/α-hetero) is 2. The first-order chi connectivity index (χ1) is 21.4. The van der Waals surface area contributed by atoms with Crippen LogP contribution in [0.3, 0.4) is 0 Å². The number of carbonyl (C=O) groups is 3. The van der Waals surface area contributed by atoms with E-state index in [0.717, 1.165) is 29.7 Å². The van der Waals surface area contributed by atoms with E-state index in [-0.39, 0.29) is 48.0 Å². The van der Waals surface area contributed by atoms with E-state index >= 15 is 4.39 Å². The zero-order valence-corrected chi connectivity index (χ0v) is 24.7. The monoisotopic (exact) mass is 593 g/mol. The van der Waals surface area contributed by atoms with Crippen molar-refractivity contribution in [3.05, 3.63) is 94.8 Å². The number of hydrogen-bond acceptors (Lipinski definition) is 7. The average molecular weight is 594 g/mol. The fraction of sp³-hybridized carbons (Fsp3) is 0.400. The Morgan fingerprint density at radius 2 is 1.57 bits per heavy atom. The summed E-state index contributed by atoms with van der Waals surface area (Å²) in [4.78, 5) is 48.7. The highest BCUT2D eigenvalue weighted by molar-refractivity contribution is 5.99. The molecule has 0 spiro atoms. The molecule has 6 rings (SSSR count). The number of hydrogen-bond donors (Lipinski definition) is 0. The maximum absolute atomic E-state index is 15.1. The topological polar surface area (TPSA) is 97.6 Å². The van der Waals surface area contributed by atoms with Crippen molar-refractivity contribution >= 4 is 23.2 Å². The molecule has 44 heavy (non-hydrogen) atoms. The number of carbonyl (C=O) groups excluding carboxylic acids is 3. The molecule has 3 heterocycles. The van der Waals surface area contributed by atoms with Crippen molar-refractivity contribution in [2.24, 2.45) is 11.8 Å². The van der Waals surface area contributed by atoms with E-state index in [1.165, 1.54) is 6.20 Å². The van der Waals surface area contributed by atoms with Crippen molar-refractivity contribution in [2.75, 3.05) is 44.2 Å². The maximum Gasteiger partial charge on any atom is 0.272 e. The third kappa shape index (κ3) is 6.87. The number of halogens is 1. The number of nitriles is 1. The lowest BCUT2D eigenvalue weighted by molar-refractivity contribution is 0.0661. The largest absolute Gasteiger partial charge is 0.368 e. The molecule has 1 aromatic heterocycles. The molecule has 8 nitrogen and oxygen atoms in total. The van der Waals surface area contributed by atoms with Crippen molar-refractivity contribution in [2.45, 2.75) is 38.4 Å². The summed E-state index contributed by atoms with van der Waals surface area (Å²) >= 11 is 0. The second-order valence-corrected chi connectivity index (χ2v) is 12.1. The molecule has 226 valence electrons. The van der Waals surface area contributed by atoms with E-state index < -0.39 is 6.17 Å². The number of anilines is 1. The Balaban J connectivity index is 0.963. The predicted octanol–water partition coefficient (Wildman–Crippen LogP) is 4.94. The summed E-state index contributed by atoms with van der Waals surface area (Å²) in [6.07, 6.45) is 3.01. The molecule has 3 aromatic rings. The Labute approximate surface area is 257 Å². The van der Waals surface area contributed by atoms with Crippen LogP contribution in [0.15, 0.2) is 66.9 Å². The van der Waals surface area contributed by atoms with Gasteiger partial charge in [0, 0.05) is 74.6 Å². The first-order valence-electron chi connectivity index (χ1n) is 15.4. The van der Waals surface area contributed by atoms with E-state index in [0.29, 0.717) is 56.8 Å². The smallest absolute Gasteiger partial charge is 0.272 e. The van der Waals surface area contributed by atoms with Crippen LogP contribution in [-0.4, -0.2) is 77.7 Å². The molecule has 2 aromatic carbocycles. The highest BCUT2D eigenvalue weighted by atomic mass is 19.1. The lowest BCUT2D eigenvalue weighted by Crippen LogP contribution is -2.49. The van der Waals surface area contributed by atoms with Crippen LogP contribution in [0, 0.1) is 23.2 Å². The molecule has 3 aliphatic rings. The zero-order valence-electron chi connectivity index (χ0n) is 24.7. The number of nitrogens with zero attached hydrogens (tertiary/aromatic N) is 5. The van der Waals surface area contributed by atoms with E-state index in [2.05, 4.69) is 16.0 Å². The molecular weight excluding hydrogens is 557 g/mol. The Morgan fingerprint density at radius 3 is 2.18 bits per heavy atom. The van der Waals surface area contributed by atoms with Crippen molar-refractivity contribution in [1.82, 2.24) is 14.8 Å². The van der Waals surface area contributed by atoms with Gasteiger partial charge in [0.25, 0.3) is 5.91 Å². The van der Waals surface area contributed by atoms with E-state index in [4.69, 9.17) is 5.26 Å². The number of benzene rings is 2. The molecular formula is C35H36FN5O3. The van der Waals surface area contributed by atoms with Gasteiger partial charge in [-0.05, 0) is 85.8 Å². The van der Waals surface area contributed by atoms with Gasteiger partial charge in [-0.2, -0.15) is 5.26 Å². The van der Waals surface area contributed by atoms with Crippen molar-refractivity contribution in [1.29, 1.82) is 5.26 Å². The van der Waals surface area contributed by atoms with Gasteiger partial charge in [0.2, 0.25) is 0 Å². The molecule has 9 heteroatoms. The highest BCUT2D eigenvalue weighted by Gasteiger charge is 2.32. The van der Waals surface area contributed by atoms with Crippen molar-refractivity contribution in [3.8, 4) is 6.07 Å². The van der Waals surface area contributed by atoms with Gasteiger partial charge in [-0.1, -0.05) is 12.1 Å². The van der Waals surface area contributed by atoms with Crippen LogP contribution in [0.2, 0.25) is 0 Å². The molecule has 0 bridgehead atoms. The minimum Gasteiger partial charge on any atom is -0.368 e. The molecule has 2 saturated heterocycles. The first kappa shape index (κ1) is 29.6. The van der Waals surface area contributed by atoms with Crippen LogP contribution in [-0.2, 0) is 6.54 Å². The van der Waals surface area contributed by atoms with E-state index in [1.54, 1.807) is 29.2 Å². The van der Waals surface area contributed by atoms with Crippen LogP contribution >= 0.6 is 0 Å². The van der Waals surface area contributed by atoms with Gasteiger partial charge in [-0.15, -0.1) is 0 Å². The van der Waals surface area contributed by atoms with Gasteiger partial charge in [-0.25, -0.2) is 4.39 Å². The summed E-state index contributed by atoms with van der Waals surface area (Å²) in [6.45, 7) is 4.02. The van der Waals surface area contributed by atoms with Crippen LogP contribution in [0.4, 0.5) is 10.1 Å². The van der Waals surface area contributed by atoms with E-state index in [9.17, 15) is 14.4 Å². The van der Waals surface area contributed by atoms with Gasteiger partial charge in [-0.3, -0.25) is 24.3 Å². The lowest BCUT2D eigenvalue weighted by atomic mass is 9.88. The first-order valence-corrected chi connectivity index (χ1v) is 15.4. The van der Waals surface area contributed by atoms with Crippen LogP contribution in [0.1, 0.15) is 68.0 Å². The number of aromatic nitrogens is 1. The molecule has 1 unspecified atom stereocenters. The molecule has 0 N–H and O–H groups in total. The maximum atomic E-state index is 15.1. The molecule has 2 aliphatic heterocycles. The summed E-state index contributed by atoms with van der Waals surface area (Å²) in [7, 11) is 0. The second kappa shape index (κ2) is 13.1. The number of amides is 1. The fourth-order valence-electron chi connectivity index (χ4n) is 6.12. The molecule has 1 aliphatic carbocycles. The summed E-state index contributed by atoms with van der Waals surface area (Å²) in [5, 5.41) is 8.96. The van der Waals surface area contributed by atoms with Gasteiger partial charge >= 0.3 is 0 Å². The van der Waals surface area contributed by atoms with Crippen molar-refractivity contribution in [3.63, 3.8) is 0 Å². The lowest BCUT2D eigenvalue weighted by Gasteiger charge is -2.36. The SMILES string of the molecule is N#Cc1ccc(CN2CCC(CC(=O)c3ccc(C(=O)N4CCN(c5ccc(C(=O)C6CC6)cc5)CC4)nc3)[C@H](F)C2)cc1. The minimum absolute atomic E-state index is 0.110. The molecule has 3 fully saturated rings. The second-order valence-electron chi connectivity index (χ2n) is 12.1. The third-order valence-electron chi connectivity index (χ3n) is 9.03. The van der Waals surface area contributed by atoms with Crippen LogP contribution in [0.25, 0.3) is 0 Å². The average Bonchev–Trinajstić information content (AvgIpc) is 3.92. The van der Waals surface area contributed by atoms with Gasteiger partial charge < -0.3 is 9.80 Å². The Hall–Kier alpha value is -4.42. The minimum atomic E-state index is -1.11. The normalized spacial score (nSPS) is 20.6. The molecule has 0 radical (unpaired) electrons. The number of alkyl halides is 1. The number of rotatable bonds is 9. The quantitative estimate of drug-likeness (QED) is 0.324. The standard InChI is InChI=1S/C35H36FN5O3/c36-31-23-39(22-25-3-1-24(20-37)2-4-25)14-13-28(31)19-33(42)29-9-12-32(38-21-29)35(44)41-17-15-40(16-18-41)30-10-7-27(8-11-30)34(43)26-5-6-26/h1-4,7-12,21,26,28,31H,5-6,13-19,22-23H2/t28?,31-/m1/s1. The fourth-order valence-corrected chi connectivity index (χ4v) is 6.12. The molecule has 1 saturated carbocycles. The summed E-state index contributed by atoms with van der Waals surface area (Å²) < 4.78 is 15.1. The Kier molecular flexibility index (Phi) is 8.80. The van der Waals surface area contributed by atoms with Crippen LogP contribution in [0.5, 0.6) is 0 Å². The molecule has 2 atom stereocenters. The predicted molar refractivity (Wildman–Crippen MR) is 164 cm³/mol. The summed E-state index contributed by atoms with van der Waals surface area (Å²) in [5.74, 6) is -0.255. The highest BCUT2D eigenvalue weighted by Crippen LogP contribution is 2.33. The summed E-state index contributed by atoms with van der Waals surface area (Å²) in [5.41, 5.74) is 4.11. The number of ketones is 2. The third-order valence-corrected chi connectivity index (χ3v) is 9.03. The number of pyridine rings is 1. The number of likely N-dealkylation sites (tertiary alicyclic amines) is 1. The zero-order chi connectivity index (χ0) is 30.6. The summed E-state index contributed by atoms with van der Waals surface area (Å²) in [6, 6.07) is 20.4. The van der Waals surface area contributed by atoms with E-state index in [1.807, 2.05) is 41.3 Å². The van der Waals surface area contributed by atoms with Gasteiger partial charge in [0.15, 0.2) is 11.6 Å². The van der Waals surface area contributed by atoms with Crippen molar-refractivity contribution < 1.29 is 18.8 Å². The number of piperazine rings is 1. The van der Waals surface area contributed by atoms with Gasteiger partial charge in [0.05, 0.1) is 11.6 Å². The Bertz CT molecular complexity index is 1540. The number of piperidine rings is 1. The van der Waals surface area contributed by atoms with Crippen LogP contribution < -0.4 is 4.90 Å². The van der Waals surface area contributed by atoms with Gasteiger partial charge in [0.1, 0.15) is 11.9 Å². The molecule has 1 amide bonds.